The van der Waals surface area contributed by atoms with Gasteiger partial charge in [-0.2, -0.15) is 0 Å². The maximum atomic E-state index is 5.50. The van der Waals surface area contributed by atoms with Crippen molar-refractivity contribution in [1.29, 1.82) is 0 Å². The standard InChI is InChI=1S/C6H13N2.C2H6.W/c1-6(2)3-4-8(7)5-6;1-2;/h1,3-5,7H2,2H3;1-2H3;/q-1;;. The largest absolute Gasteiger partial charge is 0.336 e. The summed E-state index contributed by atoms with van der Waals surface area (Å²) in [5.41, 5.74) is 0.217. The van der Waals surface area contributed by atoms with Crippen LogP contribution in [0.1, 0.15) is 27.2 Å². The third kappa shape index (κ3) is 5.83. The first-order chi connectivity index (χ1) is 4.60. The third-order valence-corrected chi connectivity index (χ3v) is 1.59. The van der Waals surface area contributed by atoms with Crippen LogP contribution in [0.15, 0.2) is 0 Å². The van der Waals surface area contributed by atoms with Gasteiger partial charge >= 0.3 is 0 Å². The van der Waals surface area contributed by atoms with Gasteiger partial charge in [-0.05, 0) is 6.54 Å². The second-order valence-corrected chi connectivity index (χ2v) is 3.03. The molecular formula is C8H19N2W-. The molecule has 1 aliphatic rings. The zero-order valence-electron chi connectivity index (χ0n) is 7.76. The van der Waals surface area contributed by atoms with Crippen molar-refractivity contribution < 1.29 is 21.1 Å². The van der Waals surface area contributed by atoms with E-state index in [2.05, 4.69) is 13.8 Å². The van der Waals surface area contributed by atoms with E-state index in [1.165, 1.54) is 0 Å². The van der Waals surface area contributed by atoms with Crippen LogP contribution in [0.3, 0.4) is 0 Å². The van der Waals surface area contributed by atoms with E-state index in [4.69, 9.17) is 5.84 Å². The van der Waals surface area contributed by atoms with E-state index in [0.717, 1.165) is 19.5 Å². The van der Waals surface area contributed by atoms with Gasteiger partial charge in [0.15, 0.2) is 0 Å². The van der Waals surface area contributed by atoms with E-state index in [-0.39, 0.29) is 26.5 Å². The van der Waals surface area contributed by atoms with Crippen molar-refractivity contribution in [3.63, 3.8) is 0 Å². The molecule has 1 rings (SSSR count). The Labute approximate surface area is 84.8 Å². The van der Waals surface area contributed by atoms with E-state index in [1.54, 1.807) is 0 Å². The average molecular weight is 327 g/mol. The molecule has 3 heteroatoms. The minimum absolute atomic E-state index is 0. The quantitative estimate of drug-likeness (QED) is 0.539. The first kappa shape index (κ1) is 14.2. The molecule has 68 valence electrons. The van der Waals surface area contributed by atoms with Gasteiger partial charge < -0.3 is 6.92 Å². The Morgan fingerprint density at radius 3 is 2.00 bits per heavy atom. The minimum Gasteiger partial charge on any atom is -0.336 e. The van der Waals surface area contributed by atoms with Crippen molar-refractivity contribution in [1.82, 2.24) is 5.01 Å². The summed E-state index contributed by atoms with van der Waals surface area (Å²) in [5, 5.41) is 1.83. The second-order valence-electron chi connectivity index (χ2n) is 3.03. The molecule has 0 radical (unpaired) electrons. The van der Waals surface area contributed by atoms with Crippen LogP contribution in [0.25, 0.3) is 0 Å². The van der Waals surface area contributed by atoms with Gasteiger partial charge in [-0.3, -0.25) is 5.84 Å². The molecule has 0 aromatic rings. The normalized spacial score (nSPS) is 30.3. The van der Waals surface area contributed by atoms with Gasteiger partial charge in [0.25, 0.3) is 0 Å². The molecule has 2 nitrogen and oxygen atoms in total. The van der Waals surface area contributed by atoms with Crippen LogP contribution in [-0.4, -0.2) is 18.1 Å². The SMILES string of the molecule is CC.[CH2-]C1(C)CCN(N)C1.[W]. The fourth-order valence-electron chi connectivity index (χ4n) is 1.06. The number of hydrogen-bond donors (Lipinski definition) is 1. The van der Waals surface area contributed by atoms with Gasteiger partial charge in [0.1, 0.15) is 0 Å². The molecule has 1 saturated heterocycles. The summed E-state index contributed by atoms with van der Waals surface area (Å²) in [4.78, 5) is 0. The Hall–Kier alpha value is 0.608. The Balaban J connectivity index is 0. The topological polar surface area (TPSA) is 29.3 Å². The molecule has 1 unspecified atom stereocenters. The first-order valence-electron chi connectivity index (χ1n) is 3.95. The van der Waals surface area contributed by atoms with E-state index in [9.17, 15) is 0 Å². The summed E-state index contributed by atoms with van der Waals surface area (Å²) >= 11 is 0. The van der Waals surface area contributed by atoms with Gasteiger partial charge in [0, 0.05) is 27.6 Å². The molecule has 1 fully saturated rings. The van der Waals surface area contributed by atoms with Gasteiger partial charge in [-0.15, -0.1) is 5.41 Å². The van der Waals surface area contributed by atoms with Gasteiger partial charge in [-0.25, -0.2) is 5.01 Å². The Kier molecular flexibility index (Phi) is 7.93. The summed E-state index contributed by atoms with van der Waals surface area (Å²) in [6.07, 6.45) is 1.13. The van der Waals surface area contributed by atoms with Crippen LogP contribution in [0, 0.1) is 12.3 Å². The van der Waals surface area contributed by atoms with Crippen molar-refractivity contribution in [2.24, 2.45) is 11.3 Å². The summed E-state index contributed by atoms with van der Waals surface area (Å²) in [6.45, 7) is 12.1. The number of hydrogen-bond acceptors (Lipinski definition) is 2. The molecule has 0 aliphatic carbocycles. The van der Waals surface area contributed by atoms with Crippen LogP contribution in [0.5, 0.6) is 0 Å². The molecule has 1 aliphatic heterocycles. The predicted molar refractivity (Wildman–Crippen MR) is 45.2 cm³/mol. The van der Waals surface area contributed by atoms with Crippen molar-refractivity contribution in [2.45, 2.75) is 27.2 Å². The van der Waals surface area contributed by atoms with E-state index in [1.807, 2.05) is 18.9 Å². The molecule has 11 heavy (non-hydrogen) atoms. The molecule has 0 spiro atoms. The minimum atomic E-state index is 0. The molecule has 1 heterocycles. The smallest absolute Gasteiger partial charge is 0.0108 e. The zero-order valence-corrected chi connectivity index (χ0v) is 10.7. The predicted octanol–water partition coefficient (Wildman–Crippen LogP) is 1.43. The van der Waals surface area contributed by atoms with E-state index in [0.29, 0.717) is 0 Å². The fraction of sp³-hybridized carbons (Fsp3) is 0.875. The van der Waals surface area contributed by atoms with Crippen LogP contribution < -0.4 is 5.84 Å². The Morgan fingerprint density at radius 2 is 1.91 bits per heavy atom. The van der Waals surface area contributed by atoms with E-state index < -0.39 is 0 Å². The molecule has 0 bridgehead atoms. The summed E-state index contributed by atoms with van der Waals surface area (Å²) in [5.74, 6) is 5.50. The monoisotopic (exact) mass is 327 g/mol. The number of rotatable bonds is 0. The first-order valence-corrected chi connectivity index (χ1v) is 3.95. The van der Waals surface area contributed by atoms with Crippen molar-refractivity contribution >= 4 is 0 Å². The second kappa shape index (κ2) is 6.16. The van der Waals surface area contributed by atoms with Gasteiger partial charge in [0.05, 0.1) is 0 Å². The van der Waals surface area contributed by atoms with Crippen molar-refractivity contribution in [2.75, 3.05) is 13.1 Å². The zero-order chi connectivity index (χ0) is 8.20. The van der Waals surface area contributed by atoms with Crippen LogP contribution >= 0.6 is 0 Å². The molecule has 0 aromatic carbocycles. The van der Waals surface area contributed by atoms with E-state index >= 15 is 0 Å². The van der Waals surface area contributed by atoms with Crippen LogP contribution in [0.4, 0.5) is 0 Å². The van der Waals surface area contributed by atoms with Gasteiger partial charge in [0.2, 0.25) is 0 Å². The average Bonchev–Trinajstić information content (AvgIpc) is 2.15. The number of nitrogens with two attached hydrogens (primary N) is 1. The molecule has 2 N–H and O–H groups in total. The molecule has 0 saturated carbocycles. The van der Waals surface area contributed by atoms with Crippen LogP contribution in [-0.2, 0) is 21.1 Å². The number of hydrazine groups is 1. The third-order valence-electron chi connectivity index (χ3n) is 1.59. The maximum Gasteiger partial charge on any atom is 0.0108 e. The Bertz CT molecular complexity index is 94.1. The van der Waals surface area contributed by atoms with Gasteiger partial charge in [-0.1, -0.05) is 27.2 Å². The summed E-state index contributed by atoms with van der Waals surface area (Å²) in [6, 6.07) is 0. The van der Waals surface area contributed by atoms with Crippen LogP contribution in [0.2, 0.25) is 0 Å². The van der Waals surface area contributed by atoms with Crippen molar-refractivity contribution in [3.8, 4) is 0 Å². The number of nitrogens with zero attached hydrogens (tertiary/aromatic N) is 1. The summed E-state index contributed by atoms with van der Waals surface area (Å²) in [7, 11) is 0. The molecule has 1 atom stereocenters. The maximum absolute atomic E-state index is 5.50. The molecular weight excluding hydrogens is 308 g/mol. The fourth-order valence-corrected chi connectivity index (χ4v) is 1.06. The Morgan fingerprint density at radius 1 is 1.45 bits per heavy atom. The summed E-state index contributed by atoms with van der Waals surface area (Å²) < 4.78 is 0. The molecule has 0 amide bonds. The van der Waals surface area contributed by atoms with Crippen molar-refractivity contribution in [3.05, 3.63) is 6.92 Å². The molecule has 0 aromatic heterocycles.